The van der Waals surface area contributed by atoms with Crippen LogP contribution >= 0.6 is 0 Å². The average molecular weight is 242 g/mol. The predicted octanol–water partition coefficient (Wildman–Crippen LogP) is 1.15. The van der Waals surface area contributed by atoms with Gasteiger partial charge >= 0.3 is 5.82 Å². The lowest BCUT2D eigenvalue weighted by Gasteiger charge is -2.23. The van der Waals surface area contributed by atoms with Crippen LogP contribution in [-0.2, 0) is 7.05 Å². The third-order valence-corrected chi connectivity index (χ3v) is 3.00. The maximum Gasteiger partial charge on any atom is 0.406 e. The first-order valence-electron chi connectivity index (χ1n) is 5.45. The minimum absolute atomic E-state index is 0.0236. The molecule has 0 bridgehead atoms. The summed E-state index contributed by atoms with van der Waals surface area (Å²) in [5, 5.41) is 23.3. The van der Waals surface area contributed by atoms with E-state index in [9.17, 15) is 15.2 Å². The Morgan fingerprint density at radius 3 is 2.59 bits per heavy atom. The van der Waals surface area contributed by atoms with E-state index in [-0.39, 0.29) is 17.8 Å². The Balaban J connectivity index is 2.87. The van der Waals surface area contributed by atoms with Gasteiger partial charge in [-0.05, 0) is 23.8 Å². The van der Waals surface area contributed by atoms with E-state index in [1.165, 1.54) is 6.33 Å². The molecule has 1 rings (SSSR count). The van der Waals surface area contributed by atoms with Crippen LogP contribution in [-0.4, -0.2) is 31.7 Å². The fourth-order valence-corrected chi connectivity index (χ4v) is 1.48. The van der Waals surface area contributed by atoms with Crippen LogP contribution in [0.1, 0.15) is 20.8 Å². The number of aryl methyl sites for hydroxylation is 1. The Morgan fingerprint density at radius 2 is 2.12 bits per heavy atom. The number of nitrogens with zero attached hydrogens (tertiary/aromatic N) is 3. The fraction of sp³-hybridized carbons (Fsp3) is 0.700. The first-order chi connectivity index (χ1) is 7.84. The van der Waals surface area contributed by atoms with Gasteiger partial charge in [0.15, 0.2) is 0 Å². The van der Waals surface area contributed by atoms with Crippen molar-refractivity contribution in [1.82, 2.24) is 9.55 Å². The van der Waals surface area contributed by atoms with Crippen LogP contribution in [0.2, 0.25) is 0 Å². The largest absolute Gasteiger partial charge is 0.406 e. The van der Waals surface area contributed by atoms with E-state index in [2.05, 4.69) is 10.3 Å². The SMILES string of the molecule is CC(O)C(C)C(C)Nc1c([N+](=O)[O-])ncn1C. The second kappa shape index (κ2) is 5.13. The molecule has 0 saturated carbocycles. The molecular weight excluding hydrogens is 224 g/mol. The highest BCUT2D eigenvalue weighted by Gasteiger charge is 2.24. The maximum atomic E-state index is 10.8. The van der Waals surface area contributed by atoms with Crippen LogP contribution in [0.25, 0.3) is 0 Å². The molecule has 3 atom stereocenters. The summed E-state index contributed by atoms with van der Waals surface area (Å²) >= 11 is 0. The summed E-state index contributed by atoms with van der Waals surface area (Å²) in [6.45, 7) is 5.44. The quantitative estimate of drug-likeness (QED) is 0.596. The molecule has 3 unspecified atom stereocenters. The summed E-state index contributed by atoms with van der Waals surface area (Å²) in [7, 11) is 1.68. The van der Waals surface area contributed by atoms with Gasteiger partial charge in [-0.1, -0.05) is 6.92 Å². The van der Waals surface area contributed by atoms with Crippen molar-refractivity contribution in [3.8, 4) is 0 Å². The topological polar surface area (TPSA) is 93.2 Å². The lowest BCUT2D eigenvalue weighted by molar-refractivity contribution is -0.388. The number of aliphatic hydroxyl groups is 1. The van der Waals surface area contributed by atoms with Crippen molar-refractivity contribution >= 4 is 11.6 Å². The molecular formula is C10H18N4O3. The molecule has 0 aliphatic carbocycles. The van der Waals surface area contributed by atoms with Gasteiger partial charge in [-0.25, -0.2) is 0 Å². The van der Waals surface area contributed by atoms with Crippen LogP contribution in [0, 0.1) is 16.0 Å². The third-order valence-electron chi connectivity index (χ3n) is 3.00. The van der Waals surface area contributed by atoms with Crippen molar-refractivity contribution in [2.75, 3.05) is 5.32 Å². The van der Waals surface area contributed by atoms with Crippen LogP contribution in [0.4, 0.5) is 11.6 Å². The summed E-state index contributed by atoms with van der Waals surface area (Å²) in [4.78, 5) is 13.9. The van der Waals surface area contributed by atoms with E-state index in [1.54, 1.807) is 18.5 Å². The molecule has 0 fully saturated rings. The second-order valence-corrected chi connectivity index (χ2v) is 4.32. The van der Waals surface area contributed by atoms with E-state index < -0.39 is 11.0 Å². The number of hydrogen-bond donors (Lipinski definition) is 2. The number of aromatic nitrogens is 2. The molecule has 96 valence electrons. The first-order valence-corrected chi connectivity index (χ1v) is 5.45. The summed E-state index contributed by atoms with van der Waals surface area (Å²) in [6, 6.07) is -0.0934. The number of rotatable bonds is 5. The monoisotopic (exact) mass is 242 g/mol. The molecule has 1 aromatic heterocycles. The summed E-state index contributed by atoms with van der Waals surface area (Å²) in [6.07, 6.45) is 0.907. The predicted molar refractivity (Wildman–Crippen MR) is 63.8 cm³/mol. The molecule has 0 saturated heterocycles. The maximum absolute atomic E-state index is 10.8. The molecule has 0 aliphatic rings. The van der Waals surface area contributed by atoms with Gasteiger partial charge in [-0.15, -0.1) is 0 Å². The van der Waals surface area contributed by atoms with E-state index in [0.717, 1.165) is 0 Å². The van der Waals surface area contributed by atoms with Crippen molar-refractivity contribution in [3.63, 3.8) is 0 Å². The van der Waals surface area contributed by atoms with Crippen LogP contribution in [0.15, 0.2) is 6.33 Å². The average Bonchev–Trinajstić information content (AvgIpc) is 2.59. The van der Waals surface area contributed by atoms with E-state index in [0.29, 0.717) is 5.82 Å². The minimum atomic E-state index is -0.526. The molecule has 1 aromatic rings. The van der Waals surface area contributed by atoms with E-state index >= 15 is 0 Å². The van der Waals surface area contributed by atoms with E-state index in [4.69, 9.17) is 0 Å². The number of aliphatic hydroxyl groups excluding tert-OH is 1. The zero-order chi connectivity index (χ0) is 13.2. The lowest BCUT2D eigenvalue weighted by atomic mass is 9.98. The molecule has 17 heavy (non-hydrogen) atoms. The van der Waals surface area contributed by atoms with Gasteiger partial charge in [-0.3, -0.25) is 4.57 Å². The number of anilines is 1. The Morgan fingerprint density at radius 1 is 1.53 bits per heavy atom. The molecule has 0 spiro atoms. The first kappa shape index (κ1) is 13.4. The van der Waals surface area contributed by atoms with Gasteiger partial charge in [0.1, 0.15) is 0 Å². The number of nitrogens with one attached hydrogen (secondary N) is 1. The molecule has 1 heterocycles. The summed E-state index contributed by atoms with van der Waals surface area (Å²) in [5.74, 6) is 0.136. The Bertz CT molecular complexity index is 402. The van der Waals surface area contributed by atoms with Gasteiger partial charge < -0.3 is 20.5 Å². The molecule has 0 radical (unpaired) electrons. The summed E-state index contributed by atoms with van der Waals surface area (Å²) < 4.78 is 1.56. The van der Waals surface area contributed by atoms with Crippen LogP contribution in [0.5, 0.6) is 0 Å². The Kier molecular flexibility index (Phi) is 4.06. The van der Waals surface area contributed by atoms with Gasteiger partial charge in [0.2, 0.25) is 12.1 Å². The van der Waals surface area contributed by atoms with Crippen molar-refractivity contribution in [2.24, 2.45) is 13.0 Å². The van der Waals surface area contributed by atoms with Gasteiger partial charge in [-0.2, -0.15) is 0 Å². The van der Waals surface area contributed by atoms with Crippen molar-refractivity contribution < 1.29 is 10.0 Å². The van der Waals surface area contributed by atoms with Gasteiger partial charge in [0.25, 0.3) is 0 Å². The number of nitro groups is 1. The number of hydrogen-bond acceptors (Lipinski definition) is 5. The smallest absolute Gasteiger partial charge is 0.393 e. The zero-order valence-corrected chi connectivity index (χ0v) is 10.4. The lowest BCUT2D eigenvalue weighted by Crippen LogP contribution is -2.32. The standard InChI is InChI=1S/C10H18N4O3/c1-6(8(3)15)7(2)12-10-9(14(16)17)11-5-13(10)4/h5-8,12,15H,1-4H3. The molecule has 7 heteroatoms. The molecule has 7 nitrogen and oxygen atoms in total. The fourth-order valence-electron chi connectivity index (χ4n) is 1.48. The van der Waals surface area contributed by atoms with Gasteiger partial charge in [0.05, 0.1) is 6.10 Å². The molecule has 0 aromatic carbocycles. The highest BCUT2D eigenvalue weighted by molar-refractivity contribution is 5.52. The van der Waals surface area contributed by atoms with Crippen molar-refractivity contribution in [1.29, 1.82) is 0 Å². The van der Waals surface area contributed by atoms with Crippen molar-refractivity contribution in [2.45, 2.75) is 32.9 Å². The third kappa shape index (κ3) is 2.94. The zero-order valence-electron chi connectivity index (χ0n) is 10.4. The Hall–Kier alpha value is -1.63. The normalized spacial score (nSPS) is 16.3. The van der Waals surface area contributed by atoms with Gasteiger partial charge in [0, 0.05) is 19.0 Å². The Labute approximate surface area is 99.6 Å². The van der Waals surface area contributed by atoms with Crippen LogP contribution in [0.3, 0.4) is 0 Å². The second-order valence-electron chi connectivity index (χ2n) is 4.32. The van der Waals surface area contributed by atoms with Crippen LogP contribution < -0.4 is 5.32 Å². The minimum Gasteiger partial charge on any atom is -0.393 e. The molecule has 0 amide bonds. The molecule has 2 N–H and O–H groups in total. The highest BCUT2D eigenvalue weighted by Crippen LogP contribution is 2.23. The van der Waals surface area contributed by atoms with E-state index in [1.807, 2.05) is 13.8 Å². The summed E-state index contributed by atoms with van der Waals surface area (Å²) in [5.41, 5.74) is 0. The van der Waals surface area contributed by atoms with Crippen molar-refractivity contribution in [3.05, 3.63) is 16.4 Å². The molecule has 0 aliphatic heterocycles. The highest BCUT2D eigenvalue weighted by atomic mass is 16.6. The number of imidazole rings is 1.